The molecule has 0 aliphatic rings. The van der Waals surface area contributed by atoms with Crippen LogP contribution >= 0.6 is 0 Å². The molecule has 2 atom stereocenters. The highest BCUT2D eigenvalue weighted by Crippen LogP contribution is 2.25. The summed E-state index contributed by atoms with van der Waals surface area (Å²) in [7, 11) is 5.90. The van der Waals surface area contributed by atoms with Gasteiger partial charge in [-0.05, 0) is 33.5 Å². The maximum atomic E-state index is 5.44. The van der Waals surface area contributed by atoms with E-state index in [0.29, 0.717) is 12.1 Å². The minimum Gasteiger partial charge on any atom is -0.496 e. The van der Waals surface area contributed by atoms with Crippen LogP contribution in [0.1, 0.15) is 31.9 Å². The van der Waals surface area contributed by atoms with E-state index in [2.05, 4.69) is 43.2 Å². The molecular weight excluding hydrogens is 224 g/mol. The average molecular weight is 250 g/mol. The highest BCUT2D eigenvalue weighted by atomic mass is 16.5. The van der Waals surface area contributed by atoms with Crippen molar-refractivity contribution in [2.24, 2.45) is 0 Å². The van der Waals surface area contributed by atoms with E-state index in [0.717, 1.165) is 12.3 Å². The third kappa shape index (κ3) is 3.72. The molecule has 0 saturated carbocycles. The van der Waals surface area contributed by atoms with Gasteiger partial charge in [0.2, 0.25) is 0 Å². The van der Waals surface area contributed by atoms with Crippen molar-refractivity contribution in [2.45, 2.75) is 32.4 Å². The first kappa shape index (κ1) is 15.0. The Labute approximate surface area is 111 Å². The molecule has 0 saturated heterocycles. The van der Waals surface area contributed by atoms with Crippen LogP contribution in [0.5, 0.6) is 5.75 Å². The number of benzene rings is 1. The summed E-state index contributed by atoms with van der Waals surface area (Å²) in [5.41, 5.74) is 1.22. The molecule has 1 rings (SSSR count). The summed E-state index contributed by atoms with van der Waals surface area (Å²) >= 11 is 0. The molecule has 3 nitrogen and oxygen atoms in total. The Kier molecular flexibility index (Phi) is 6.16. The van der Waals surface area contributed by atoms with Crippen molar-refractivity contribution in [3.05, 3.63) is 29.8 Å². The molecule has 0 fully saturated rings. The van der Waals surface area contributed by atoms with Gasteiger partial charge < -0.3 is 15.0 Å². The Hall–Kier alpha value is -1.06. The third-order valence-electron chi connectivity index (χ3n) is 3.68. The van der Waals surface area contributed by atoms with Gasteiger partial charge in [-0.2, -0.15) is 0 Å². The first-order valence-corrected chi connectivity index (χ1v) is 6.64. The van der Waals surface area contributed by atoms with Crippen LogP contribution in [0.4, 0.5) is 0 Å². The molecule has 1 N–H and O–H groups in total. The summed E-state index contributed by atoms with van der Waals surface area (Å²) in [6.07, 6.45) is 1.17. The van der Waals surface area contributed by atoms with Crippen molar-refractivity contribution < 1.29 is 4.74 Å². The van der Waals surface area contributed by atoms with Crippen LogP contribution < -0.4 is 10.1 Å². The van der Waals surface area contributed by atoms with Crippen molar-refractivity contribution in [3.63, 3.8) is 0 Å². The van der Waals surface area contributed by atoms with Crippen molar-refractivity contribution >= 4 is 0 Å². The topological polar surface area (TPSA) is 24.5 Å². The number of para-hydroxylation sites is 1. The molecule has 102 valence electrons. The number of nitrogens with zero attached hydrogens (tertiary/aromatic N) is 1. The largest absolute Gasteiger partial charge is 0.496 e. The summed E-state index contributed by atoms with van der Waals surface area (Å²) in [4.78, 5) is 2.38. The fourth-order valence-corrected chi connectivity index (χ4v) is 2.08. The van der Waals surface area contributed by atoms with Gasteiger partial charge in [-0.3, -0.25) is 0 Å². The molecule has 0 bridgehead atoms. The second-order valence-corrected chi connectivity index (χ2v) is 4.78. The summed E-state index contributed by atoms with van der Waals surface area (Å²) in [5, 5.41) is 3.38. The van der Waals surface area contributed by atoms with Crippen LogP contribution in [0.2, 0.25) is 0 Å². The van der Waals surface area contributed by atoms with Gasteiger partial charge in [-0.15, -0.1) is 0 Å². The Morgan fingerprint density at radius 2 is 2.00 bits per heavy atom. The smallest absolute Gasteiger partial charge is 0.123 e. The lowest BCUT2D eigenvalue weighted by molar-refractivity contribution is 0.226. The Morgan fingerprint density at radius 3 is 2.56 bits per heavy atom. The van der Waals surface area contributed by atoms with Crippen LogP contribution in [0.3, 0.4) is 0 Å². The van der Waals surface area contributed by atoms with E-state index in [4.69, 9.17) is 4.74 Å². The van der Waals surface area contributed by atoms with E-state index in [1.165, 1.54) is 12.0 Å². The Balaban J connectivity index is 2.82. The first-order valence-electron chi connectivity index (χ1n) is 6.64. The van der Waals surface area contributed by atoms with Crippen molar-refractivity contribution in [1.29, 1.82) is 0 Å². The SMILES string of the molecule is CCC(C)N(C)CC(NC)c1ccccc1OC. The van der Waals surface area contributed by atoms with Gasteiger partial charge in [0.1, 0.15) is 5.75 Å². The number of ether oxygens (including phenoxy) is 1. The van der Waals surface area contributed by atoms with E-state index < -0.39 is 0 Å². The zero-order valence-corrected chi connectivity index (χ0v) is 12.2. The predicted octanol–water partition coefficient (Wildman–Crippen LogP) is 2.69. The third-order valence-corrected chi connectivity index (χ3v) is 3.68. The van der Waals surface area contributed by atoms with Crippen LogP contribution in [-0.4, -0.2) is 38.7 Å². The second-order valence-electron chi connectivity index (χ2n) is 4.78. The maximum absolute atomic E-state index is 5.44. The normalized spacial score (nSPS) is 14.6. The van der Waals surface area contributed by atoms with Gasteiger partial charge in [0.25, 0.3) is 0 Å². The lowest BCUT2D eigenvalue weighted by Gasteiger charge is -2.29. The van der Waals surface area contributed by atoms with E-state index in [1.54, 1.807) is 7.11 Å². The van der Waals surface area contributed by atoms with Gasteiger partial charge in [-0.1, -0.05) is 25.1 Å². The molecule has 3 heteroatoms. The lowest BCUT2D eigenvalue weighted by Crippen LogP contribution is -2.36. The molecule has 0 spiro atoms. The van der Waals surface area contributed by atoms with Gasteiger partial charge in [0.05, 0.1) is 7.11 Å². The van der Waals surface area contributed by atoms with E-state index in [-0.39, 0.29) is 0 Å². The molecule has 0 aromatic heterocycles. The van der Waals surface area contributed by atoms with Gasteiger partial charge >= 0.3 is 0 Å². The quantitative estimate of drug-likeness (QED) is 0.805. The molecular formula is C15H26N2O. The lowest BCUT2D eigenvalue weighted by atomic mass is 10.0. The highest BCUT2D eigenvalue weighted by Gasteiger charge is 2.17. The first-order chi connectivity index (χ1) is 8.63. The number of methoxy groups -OCH3 is 1. The zero-order valence-electron chi connectivity index (χ0n) is 12.2. The number of rotatable bonds is 7. The summed E-state index contributed by atoms with van der Waals surface area (Å²) in [5.74, 6) is 0.953. The van der Waals surface area contributed by atoms with Crippen molar-refractivity contribution in [2.75, 3.05) is 27.7 Å². The monoisotopic (exact) mass is 250 g/mol. The zero-order chi connectivity index (χ0) is 13.5. The van der Waals surface area contributed by atoms with E-state index in [1.807, 2.05) is 19.2 Å². The molecule has 1 aromatic rings. The fraction of sp³-hybridized carbons (Fsp3) is 0.600. The molecule has 0 aliphatic carbocycles. The maximum Gasteiger partial charge on any atom is 0.123 e. The minimum absolute atomic E-state index is 0.292. The van der Waals surface area contributed by atoms with Gasteiger partial charge in [0.15, 0.2) is 0 Å². The molecule has 2 unspecified atom stereocenters. The predicted molar refractivity (Wildman–Crippen MR) is 77.2 cm³/mol. The Morgan fingerprint density at radius 1 is 1.33 bits per heavy atom. The van der Waals surface area contributed by atoms with Crippen LogP contribution in [-0.2, 0) is 0 Å². The van der Waals surface area contributed by atoms with Crippen molar-refractivity contribution in [3.8, 4) is 5.75 Å². The summed E-state index contributed by atoms with van der Waals surface area (Å²) in [6, 6.07) is 9.10. The molecule has 0 heterocycles. The number of hydrogen-bond donors (Lipinski definition) is 1. The van der Waals surface area contributed by atoms with Gasteiger partial charge in [0, 0.05) is 24.2 Å². The molecule has 1 aromatic carbocycles. The van der Waals surface area contributed by atoms with Crippen LogP contribution in [0.15, 0.2) is 24.3 Å². The molecule has 0 radical (unpaired) electrons. The highest BCUT2D eigenvalue weighted by molar-refractivity contribution is 5.36. The molecule has 0 amide bonds. The van der Waals surface area contributed by atoms with Crippen LogP contribution in [0.25, 0.3) is 0 Å². The minimum atomic E-state index is 0.292. The standard InChI is InChI=1S/C15H26N2O/c1-6-12(2)17(4)11-14(16-3)13-9-7-8-10-15(13)18-5/h7-10,12,14,16H,6,11H2,1-5H3. The van der Waals surface area contributed by atoms with Crippen molar-refractivity contribution in [1.82, 2.24) is 10.2 Å². The average Bonchev–Trinajstić information content (AvgIpc) is 2.43. The summed E-state index contributed by atoms with van der Waals surface area (Å²) < 4.78 is 5.44. The second kappa shape index (κ2) is 7.39. The summed E-state index contributed by atoms with van der Waals surface area (Å²) in [6.45, 7) is 5.46. The number of hydrogen-bond acceptors (Lipinski definition) is 3. The van der Waals surface area contributed by atoms with E-state index in [9.17, 15) is 0 Å². The Bertz CT molecular complexity index is 354. The van der Waals surface area contributed by atoms with Crippen LogP contribution in [0, 0.1) is 0 Å². The molecule has 18 heavy (non-hydrogen) atoms. The number of likely N-dealkylation sites (N-methyl/N-ethyl adjacent to an activating group) is 2. The number of nitrogens with one attached hydrogen (secondary N) is 1. The fourth-order valence-electron chi connectivity index (χ4n) is 2.08. The molecule has 0 aliphatic heterocycles. The van der Waals surface area contributed by atoms with E-state index >= 15 is 0 Å². The van der Waals surface area contributed by atoms with Gasteiger partial charge in [-0.25, -0.2) is 0 Å².